The molecule has 2 N–H and O–H groups in total. The molecule has 0 aromatic carbocycles. The van der Waals surface area contributed by atoms with E-state index in [1.807, 2.05) is 14.0 Å². The van der Waals surface area contributed by atoms with E-state index >= 15 is 0 Å². The van der Waals surface area contributed by atoms with Gasteiger partial charge in [-0.2, -0.15) is 0 Å². The van der Waals surface area contributed by atoms with Crippen molar-refractivity contribution in [1.29, 1.82) is 0 Å². The number of nitrogens with zero attached hydrogens (tertiary/aromatic N) is 2. The SMILES string of the molecule is CC1CCN(C(=O)NCC2CN(C)CCO2)C1C(=O)O. The predicted octanol–water partition coefficient (Wildman–Crippen LogP) is -0.178. The molecule has 0 radical (unpaired) electrons. The van der Waals surface area contributed by atoms with Crippen LogP contribution in [0, 0.1) is 5.92 Å². The van der Waals surface area contributed by atoms with E-state index in [1.165, 1.54) is 4.90 Å². The number of morpholine rings is 1. The van der Waals surface area contributed by atoms with Gasteiger partial charge in [-0.15, -0.1) is 0 Å². The Hall–Kier alpha value is -1.34. The van der Waals surface area contributed by atoms with E-state index in [4.69, 9.17) is 4.74 Å². The average Bonchev–Trinajstić information content (AvgIpc) is 2.78. The monoisotopic (exact) mass is 285 g/mol. The van der Waals surface area contributed by atoms with Crippen molar-refractivity contribution < 1.29 is 19.4 Å². The first-order chi connectivity index (χ1) is 9.49. The number of ether oxygens (including phenoxy) is 1. The third-order valence-electron chi connectivity index (χ3n) is 4.04. The van der Waals surface area contributed by atoms with Gasteiger partial charge in [0.25, 0.3) is 0 Å². The topological polar surface area (TPSA) is 82.1 Å². The Kier molecular flexibility index (Phi) is 4.82. The van der Waals surface area contributed by atoms with Crippen LogP contribution < -0.4 is 5.32 Å². The summed E-state index contributed by atoms with van der Waals surface area (Å²) in [6.45, 7) is 5.12. The van der Waals surface area contributed by atoms with Gasteiger partial charge in [-0.3, -0.25) is 0 Å². The summed E-state index contributed by atoms with van der Waals surface area (Å²) in [7, 11) is 2.01. The van der Waals surface area contributed by atoms with Crippen LogP contribution in [0.1, 0.15) is 13.3 Å². The molecule has 2 saturated heterocycles. The minimum absolute atomic E-state index is 0.00434. The highest BCUT2D eigenvalue weighted by molar-refractivity contribution is 5.83. The zero-order valence-corrected chi connectivity index (χ0v) is 12.0. The van der Waals surface area contributed by atoms with Crippen molar-refractivity contribution in [3.63, 3.8) is 0 Å². The zero-order valence-electron chi connectivity index (χ0n) is 12.0. The molecule has 2 amide bonds. The maximum Gasteiger partial charge on any atom is 0.326 e. The summed E-state index contributed by atoms with van der Waals surface area (Å²) in [4.78, 5) is 26.9. The number of carbonyl (C=O) groups excluding carboxylic acids is 1. The van der Waals surface area contributed by atoms with E-state index < -0.39 is 12.0 Å². The number of hydrogen-bond acceptors (Lipinski definition) is 4. The lowest BCUT2D eigenvalue weighted by Crippen LogP contribution is -2.51. The molecule has 2 aliphatic rings. The van der Waals surface area contributed by atoms with E-state index in [0.717, 1.165) is 19.5 Å². The quantitative estimate of drug-likeness (QED) is 0.752. The van der Waals surface area contributed by atoms with Gasteiger partial charge in [0.15, 0.2) is 0 Å². The van der Waals surface area contributed by atoms with Crippen molar-refractivity contribution in [3.05, 3.63) is 0 Å². The number of urea groups is 1. The molecule has 7 nitrogen and oxygen atoms in total. The minimum Gasteiger partial charge on any atom is -0.480 e. The molecule has 0 saturated carbocycles. The molecule has 2 fully saturated rings. The van der Waals surface area contributed by atoms with Crippen molar-refractivity contribution in [2.75, 3.05) is 39.8 Å². The Bertz CT molecular complexity index is 377. The molecule has 3 unspecified atom stereocenters. The molecule has 7 heteroatoms. The summed E-state index contributed by atoms with van der Waals surface area (Å²) in [6, 6.07) is -1.02. The highest BCUT2D eigenvalue weighted by Gasteiger charge is 2.39. The first kappa shape index (κ1) is 15.1. The van der Waals surface area contributed by atoms with Crippen LogP contribution in [0.15, 0.2) is 0 Å². The molecule has 0 aromatic heterocycles. The van der Waals surface area contributed by atoms with Gasteiger partial charge in [-0.25, -0.2) is 9.59 Å². The number of carboxylic acid groups (broad SMARTS) is 1. The van der Waals surface area contributed by atoms with Gasteiger partial charge in [-0.05, 0) is 19.4 Å². The number of likely N-dealkylation sites (N-methyl/N-ethyl adjacent to an activating group) is 1. The second-order valence-corrected chi connectivity index (χ2v) is 5.68. The molecule has 0 aliphatic carbocycles. The standard InChI is InChI=1S/C13H23N3O4/c1-9-3-4-16(11(9)12(17)18)13(19)14-7-10-8-15(2)5-6-20-10/h9-11H,3-8H2,1-2H3,(H,14,19)(H,17,18). The van der Waals surface area contributed by atoms with Crippen LogP contribution >= 0.6 is 0 Å². The summed E-state index contributed by atoms with van der Waals surface area (Å²) < 4.78 is 5.57. The lowest BCUT2D eigenvalue weighted by molar-refractivity contribution is -0.142. The lowest BCUT2D eigenvalue weighted by Gasteiger charge is -2.31. The summed E-state index contributed by atoms with van der Waals surface area (Å²) >= 11 is 0. The maximum atomic E-state index is 12.1. The summed E-state index contributed by atoms with van der Waals surface area (Å²) in [5.74, 6) is -0.936. The van der Waals surface area contributed by atoms with E-state index in [9.17, 15) is 14.7 Å². The molecule has 3 atom stereocenters. The number of carbonyl (C=O) groups is 2. The fraction of sp³-hybridized carbons (Fsp3) is 0.846. The van der Waals surface area contributed by atoms with Gasteiger partial charge >= 0.3 is 12.0 Å². The first-order valence-corrected chi connectivity index (χ1v) is 7.06. The van der Waals surface area contributed by atoms with Gasteiger partial charge in [0.2, 0.25) is 0 Å². The van der Waals surface area contributed by atoms with Crippen LogP contribution in [0.4, 0.5) is 4.79 Å². The number of amides is 2. The van der Waals surface area contributed by atoms with E-state index in [1.54, 1.807) is 0 Å². The third-order valence-corrected chi connectivity index (χ3v) is 4.04. The van der Waals surface area contributed by atoms with Gasteiger partial charge in [0.05, 0.1) is 12.7 Å². The molecule has 0 bridgehead atoms. The average molecular weight is 285 g/mol. The number of carboxylic acids is 1. The number of aliphatic carboxylic acids is 1. The molecular weight excluding hydrogens is 262 g/mol. The van der Waals surface area contributed by atoms with Crippen LogP contribution in [-0.2, 0) is 9.53 Å². The van der Waals surface area contributed by atoms with Gasteiger partial charge in [-0.1, -0.05) is 6.92 Å². The smallest absolute Gasteiger partial charge is 0.326 e. The number of rotatable bonds is 3. The molecular formula is C13H23N3O4. The van der Waals surface area contributed by atoms with Gasteiger partial charge in [0.1, 0.15) is 6.04 Å². The summed E-state index contributed by atoms with van der Waals surface area (Å²) in [5, 5.41) is 12.0. The molecule has 2 rings (SSSR count). The molecule has 20 heavy (non-hydrogen) atoms. The largest absolute Gasteiger partial charge is 0.480 e. The van der Waals surface area contributed by atoms with Crippen molar-refractivity contribution in [2.45, 2.75) is 25.5 Å². The fourth-order valence-corrected chi connectivity index (χ4v) is 2.84. The Balaban J connectivity index is 1.83. The van der Waals surface area contributed by atoms with Crippen molar-refractivity contribution in [3.8, 4) is 0 Å². The van der Waals surface area contributed by atoms with Crippen LogP contribution in [0.5, 0.6) is 0 Å². The fourth-order valence-electron chi connectivity index (χ4n) is 2.84. The van der Waals surface area contributed by atoms with Crippen LogP contribution in [0.3, 0.4) is 0 Å². The lowest BCUT2D eigenvalue weighted by atomic mass is 10.0. The highest BCUT2D eigenvalue weighted by Crippen LogP contribution is 2.24. The number of nitrogens with one attached hydrogen (secondary N) is 1. The van der Waals surface area contributed by atoms with Crippen molar-refractivity contribution in [1.82, 2.24) is 15.1 Å². The van der Waals surface area contributed by atoms with E-state index in [0.29, 0.717) is 19.7 Å². The van der Waals surface area contributed by atoms with Crippen LogP contribution in [0.25, 0.3) is 0 Å². The Morgan fingerprint density at radius 1 is 1.40 bits per heavy atom. The molecule has 2 aliphatic heterocycles. The molecule has 2 heterocycles. The number of likely N-dealkylation sites (tertiary alicyclic amines) is 1. The Morgan fingerprint density at radius 2 is 2.15 bits per heavy atom. The predicted molar refractivity (Wildman–Crippen MR) is 72.5 cm³/mol. The minimum atomic E-state index is -0.932. The zero-order chi connectivity index (χ0) is 14.7. The van der Waals surface area contributed by atoms with Gasteiger partial charge in [0, 0.05) is 26.2 Å². The van der Waals surface area contributed by atoms with E-state index in [-0.39, 0.29) is 18.1 Å². The van der Waals surface area contributed by atoms with Crippen LogP contribution in [0.2, 0.25) is 0 Å². The second-order valence-electron chi connectivity index (χ2n) is 5.68. The molecule has 0 spiro atoms. The van der Waals surface area contributed by atoms with Crippen LogP contribution in [-0.4, -0.2) is 78.9 Å². The van der Waals surface area contributed by atoms with Crippen molar-refractivity contribution >= 4 is 12.0 Å². The third kappa shape index (κ3) is 3.40. The second kappa shape index (κ2) is 6.41. The van der Waals surface area contributed by atoms with E-state index in [2.05, 4.69) is 10.2 Å². The Morgan fingerprint density at radius 3 is 2.80 bits per heavy atom. The summed E-state index contributed by atoms with van der Waals surface area (Å²) in [5.41, 5.74) is 0. The Labute approximate surface area is 118 Å². The normalized spacial score (nSPS) is 31.3. The maximum absolute atomic E-state index is 12.1. The van der Waals surface area contributed by atoms with Crippen molar-refractivity contribution in [2.24, 2.45) is 5.92 Å². The van der Waals surface area contributed by atoms with Gasteiger partial charge < -0.3 is 25.0 Å². The molecule has 0 aromatic rings. The first-order valence-electron chi connectivity index (χ1n) is 7.06. The number of hydrogen-bond donors (Lipinski definition) is 2. The summed E-state index contributed by atoms with van der Waals surface area (Å²) in [6.07, 6.45) is 0.702. The molecule has 114 valence electrons. The highest BCUT2D eigenvalue weighted by atomic mass is 16.5.